The molecule has 1 unspecified atom stereocenters. The summed E-state index contributed by atoms with van der Waals surface area (Å²) in [5.41, 5.74) is 0.0746. The topological polar surface area (TPSA) is 107 Å². The molecule has 0 bridgehead atoms. The van der Waals surface area contributed by atoms with Gasteiger partial charge in [0.1, 0.15) is 11.9 Å². The van der Waals surface area contributed by atoms with Crippen LogP contribution in [0.5, 0.6) is 0 Å². The van der Waals surface area contributed by atoms with Crippen LogP contribution in [0, 0.1) is 0 Å². The Bertz CT molecular complexity index is 759. The molecular formula is C22H34O7S. The van der Waals surface area contributed by atoms with Gasteiger partial charge in [0.25, 0.3) is 10.1 Å². The van der Waals surface area contributed by atoms with Gasteiger partial charge in [0.15, 0.2) is 0 Å². The first-order valence-electron chi connectivity index (χ1n) is 10.7. The van der Waals surface area contributed by atoms with Crippen molar-refractivity contribution in [3.8, 4) is 0 Å². The van der Waals surface area contributed by atoms with Crippen LogP contribution in [0.25, 0.3) is 0 Å². The van der Waals surface area contributed by atoms with E-state index in [1.165, 1.54) is 44.2 Å². The summed E-state index contributed by atoms with van der Waals surface area (Å²) >= 11 is 0. The number of carbonyl (C=O) groups is 2. The second-order valence-corrected chi connectivity index (χ2v) is 9.00. The van der Waals surface area contributed by atoms with E-state index >= 15 is 0 Å². The number of ether oxygens (including phenoxy) is 2. The van der Waals surface area contributed by atoms with Gasteiger partial charge in [-0.15, -0.1) is 0 Å². The lowest BCUT2D eigenvalue weighted by atomic mass is 10.1. The summed E-state index contributed by atoms with van der Waals surface area (Å²) in [6.07, 6.45) is 9.13. The lowest BCUT2D eigenvalue weighted by Crippen LogP contribution is -2.27. The number of unbranched alkanes of at least 4 members (excludes halogenated alkanes) is 7. The second-order valence-electron chi connectivity index (χ2n) is 7.30. The summed E-state index contributed by atoms with van der Waals surface area (Å²) in [6, 6.07) is 6.07. The maximum absolute atomic E-state index is 12.4. The quantitative estimate of drug-likeness (QED) is 0.236. The molecule has 0 saturated carbocycles. The minimum Gasteiger partial charge on any atom is -0.462 e. The minimum absolute atomic E-state index is 0.00335. The van der Waals surface area contributed by atoms with E-state index in [-0.39, 0.29) is 24.2 Å². The van der Waals surface area contributed by atoms with Crippen molar-refractivity contribution in [2.24, 2.45) is 0 Å². The van der Waals surface area contributed by atoms with E-state index in [2.05, 4.69) is 6.92 Å². The van der Waals surface area contributed by atoms with Gasteiger partial charge in [-0.2, -0.15) is 8.42 Å². The number of benzene rings is 1. The SMILES string of the molecule is CCCCCCCCCCOC(=O)c1ccccc1C(=O)OCC(CC)S(=O)(=O)O. The highest BCUT2D eigenvalue weighted by Crippen LogP contribution is 2.14. The van der Waals surface area contributed by atoms with Crippen LogP contribution >= 0.6 is 0 Å². The molecule has 0 fully saturated rings. The summed E-state index contributed by atoms with van der Waals surface area (Å²) in [5, 5.41) is -1.21. The summed E-state index contributed by atoms with van der Waals surface area (Å²) in [7, 11) is -4.31. The molecule has 1 atom stereocenters. The van der Waals surface area contributed by atoms with E-state index in [9.17, 15) is 18.0 Å². The molecule has 0 aliphatic rings. The molecule has 7 nitrogen and oxygen atoms in total. The first kappa shape index (κ1) is 26.1. The molecule has 170 valence electrons. The monoisotopic (exact) mass is 442 g/mol. The maximum atomic E-state index is 12.4. The summed E-state index contributed by atoms with van der Waals surface area (Å²) in [4.78, 5) is 24.7. The summed E-state index contributed by atoms with van der Waals surface area (Å²) < 4.78 is 41.9. The molecule has 0 amide bonds. The normalized spacial score (nSPS) is 12.4. The van der Waals surface area contributed by atoms with E-state index in [4.69, 9.17) is 14.0 Å². The largest absolute Gasteiger partial charge is 0.462 e. The van der Waals surface area contributed by atoms with E-state index < -0.39 is 33.9 Å². The molecule has 1 aromatic rings. The lowest BCUT2D eigenvalue weighted by Gasteiger charge is -2.13. The fourth-order valence-electron chi connectivity index (χ4n) is 2.98. The zero-order chi connectivity index (χ0) is 22.4. The lowest BCUT2D eigenvalue weighted by molar-refractivity contribution is 0.0452. The van der Waals surface area contributed by atoms with Crippen molar-refractivity contribution in [2.45, 2.75) is 76.9 Å². The molecule has 1 rings (SSSR count). The van der Waals surface area contributed by atoms with Crippen LogP contribution in [0.4, 0.5) is 0 Å². The van der Waals surface area contributed by atoms with Crippen LogP contribution < -0.4 is 0 Å². The molecule has 30 heavy (non-hydrogen) atoms. The van der Waals surface area contributed by atoms with Gasteiger partial charge in [-0.25, -0.2) is 9.59 Å². The third-order valence-corrected chi connectivity index (χ3v) is 6.19. The van der Waals surface area contributed by atoms with Gasteiger partial charge in [0, 0.05) is 0 Å². The average Bonchev–Trinajstić information content (AvgIpc) is 2.71. The van der Waals surface area contributed by atoms with E-state index in [1.54, 1.807) is 19.1 Å². The van der Waals surface area contributed by atoms with Crippen molar-refractivity contribution in [3.05, 3.63) is 35.4 Å². The zero-order valence-electron chi connectivity index (χ0n) is 18.0. The van der Waals surface area contributed by atoms with Gasteiger partial charge in [-0.1, -0.05) is 70.9 Å². The fraction of sp³-hybridized carbons (Fsp3) is 0.636. The Morgan fingerprint density at radius 2 is 1.37 bits per heavy atom. The standard InChI is InChI=1S/C22H34O7S/c1-3-5-6-7-8-9-10-13-16-28-21(23)19-14-11-12-15-20(19)22(24)29-17-18(4-2)30(25,26)27/h11-12,14-15,18H,3-10,13,16-17H2,1-2H3,(H,25,26,27). The van der Waals surface area contributed by atoms with E-state index in [1.807, 2.05) is 0 Å². The number of carbonyl (C=O) groups excluding carboxylic acids is 2. The predicted molar refractivity (Wildman–Crippen MR) is 115 cm³/mol. The summed E-state index contributed by atoms with van der Waals surface area (Å²) in [5.74, 6) is -1.45. The molecule has 0 heterocycles. The van der Waals surface area contributed by atoms with Crippen LogP contribution in [0.15, 0.2) is 24.3 Å². The van der Waals surface area contributed by atoms with Gasteiger partial charge < -0.3 is 9.47 Å². The van der Waals surface area contributed by atoms with Crippen molar-refractivity contribution < 1.29 is 32.0 Å². The van der Waals surface area contributed by atoms with Crippen LogP contribution in [-0.2, 0) is 19.6 Å². The smallest absolute Gasteiger partial charge is 0.339 e. The Kier molecular flexibility index (Phi) is 12.3. The van der Waals surface area contributed by atoms with Crippen LogP contribution in [0.3, 0.4) is 0 Å². The summed E-state index contributed by atoms with van der Waals surface area (Å²) in [6.45, 7) is 3.53. The van der Waals surface area contributed by atoms with Crippen LogP contribution in [-0.4, -0.2) is 43.4 Å². The number of hydrogen-bond donors (Lipinski definition) is 1. The number of hydrogen-bond acceptors (Lipinski definition) is 6. The molecule has 0 aliphatic heterocycles. The van der Waals surface area contributed by atoms with Gasteiger partial charge >= 0.3 is 11.9 Å². The van der Waals surface area contributed by atoms with E-state index in [0.29, 0.717) is 0 Å². The Morgan fingerprint density at radius 3 is 1.87 bits per heavy atom. The highest BCUT2D eigenvalue weighted by molar-refractivity contribution is 7.86. The van der Waals surface area contributed by atoms with Gasteiger partial charge in [0.05, 0.1) is 17.7 Å². The van der Waals surface area contributed by atoms with Crippen molar-refractivity contribution in [3.63, 3.8) is 0 Å². The van der Waals surface area contributed by atoms with Gasteiger partial charge in [-0.05, 0) is 25.0 Å². The molecule has 0 aromatic heterocycles. The second kappa shape index (κ2) is 14.1. The molecule has 1 aromatic carbocycles. The highest BCUT2D eigenvalue weighted by atomic mass is 32.2. The third-order valence-electron chi connectivity index (χ3n) is 4.87. The molecule has 0 radical (unpaired) electrons. The number of esters is 2. The molecule has 0 aliphatic carbocycles. The molecule has 1 N–H and O–H groups in total. The zero-order valence-corrected chi connectivity index (χ0v) is 18.8. The molecule has 8 heteroatoms. The Hall–Kier alpha value is -1.93. The van der Waals surface area contributed by atoms with Crippen molar-refractivity contribution >= 4 is 22.1 Å². The van der Waals surface area contributed by atoms with Crippen molar-refractivity contribution in [2.75, 3.05) is 13.2 Å². The molecule has 0 saturated heterocycles. The van der Waals surface area contributed by atoms with Crippen LogP contribution in [0.2, 0.25) is 0 Å². The minimum atomic E-state index is -4.31. The van der Waals surface area contributed by atoms with E-state index in [0.717, 1.165) is 19.3 Å². The highest BCUT2D eigenvalue weighted by Gasteiger charge is 2.25. The number of rotatable bonds is 15. The van der Waals surface area contributed by atoms with Crippen molar-refractivity contribution in [1.82, 2.24) is 0 Å². The maximum Gasteiger partial charge on any atom is 0.339 e. The predicted octanol–water partition coefficient (Wildman–Crippen LogP) is 4.81. The van der Waals surface area contributed by atoms with Gasteiger partial charge in [0.2, 0.25) is 0 Å². The van der Waals surface area contributed by atoms with Crippen molar-refractivity contribution in [1.29, 1.82) is 0 Å². The third kappa shape index (κ3) is 9.71. The molecule has 0 spiro atoms. The first-order valence-corrected chi connectivity index (χ1v) is 12.2. The average molecular weight is 443 g/mol. The Labute approximate surface area is 179 Å². The Balaban J connectivity index is 2.49. The first-order chi connectivity index (χ1) is 14.3. The van der Waals surface area contributed by atoms with Gasteiger partial charge in [-0.3, -0.25) is 4.55 Å². The molecular weight excluding hydrogens is 408 g/mol. The fourth-order valence-corrected chi connectivity index (χ4v) is 3.64. The Morgan fingerprint density at radius 1 is 0.867 bits per heavy atom. The van der Waals surface area contributed by atoms with Crippen LogP contribution in [0.1, 0.15) is 92.4 Å².